The van der Waals surface area contributed by atoms with Crippen LogP contribution < -0.4 is 9.47 Å². The predicted molar refractivity (Wildman–Crippen MR) is 93.4 cm³/mol. The van der Waals surface area contributed by atoms with Gasteiger partial charge in [-0.25, -0.2) is 0 Å². The highest BCUT2D eigenvalue weighted by Crippen LogP contribution is 2.27. The normalized spacial score (nSPS) is 10.4. The molecule has 0 radical (unpaired) electrons. The average molecular weight is 345 g/mol. The zero-order valence-electron chi connectivity index (χ0n) is 15.2. The Kier molecular flexibility index (Phi) is 5.85. The lowest BCUT2D eigenvalue weighted by atomic mass is 10.1. The molecule has 0 atom stereocenters. The highest BCUT2D eigenvalue weighted by molar-refractivity contribution is 5.99. The predicted octanol–water partition coefficient (Wildman–Crippen LogP) is 2.63. The molecule has 0 aliphatic carbocycles. The number of esters is 1. The monoisotopic (exact) mass is 345 g/mol. The molecule has 0 aliphatic rings. The van der Waals surface area contributed by atoms with Crippen LogP contribution in [0.1, 0.15) is 27.3 Å². The third-order valence-corrected chi connectivity index (χ3v) is 4.24. The Bertz CT molecular complexity index is 791. The molecule has 0 bridgehead atoms. The Morgan fingerprint density at radius 3 is 2.28 bits per heavy atom. The minimum absolute atomic E-state index is 0.0560. The highest BCUT2D eigenvalue weighted by atomic mass is 16.5. The molecule has 134 valence electrons. The van der Waals surface area contributed by atoms with Crippen molar-refractivity contribution in [3.05, 3.63) is 46.8 Å². The molecule has 2 rings (SSSR count). The molecule has 0 saturated carbocycles. The van der Waals surface area contributed by atoms with Gasteiger partial charge in [0, 0.05) is 24.0 Å². The molecule has 0 aliphatic heterocycles. The number of Topliss-reactive ketones (excluding diaryl/α,β-unsaturated/α-hetero) is 1. The smallest absolute Gasteiger partial charge is 0.310 e. The van der Waals surface area contributed by atoms with Gasteiger partial charge in [0.2, 0.25) is 5.78 Å². The van der Waals surface area contributed by atoms with Crippen molar-refractivity contribution >= 4 is 11.8 Å². The van der Waals surface area contributed by atoms with Gasteiger partial charge in [0.1, 0.15) is 0 Å². The third kappa shape index (κ3) is 4.21. The Balaban J connectivity index is 1.96. The van der Waals surface area contributed by atoms with E-state index in [9.17, 15) is 9.59 Å². The first-order chi connectivity index (χ1) is 11.9. The summed E-state index contributed by atoms with van der Waals surface area (Å²) in [4.78, 5) is 24.3. The molecule has 1 aromatic heterocycles. The van der Waals surface area contributed by atoms with Crippen molar-refractivity contribution < 1.29 is 23.8 Å². The quantitative estimate of drug-likeness (QED) is 0.570. The fourth-order valence-electron chi connectivity index (χ4n) is 2.57. The van der Waals surface area contributed by atoms with E-state index in [0.717, 1.165) is 17.0 Å². The van der Waals surface area contributed by atoms with Crippen LogP contribution in [0, 0.1) is 13.8 Å². The Morgan fingerprint density at radius 2 is 1.72 bits per heavy atom. The van der Waals surface area contributed by atoms with Crippen molar-refractivity contribution in [1.82, 2.24) is 4.57 Å². The van der Waals surface area contributed by atoms with Gasteiger partial charge in [0.15, 0.2) is 18.1 Å². The molecule has 6 nitrogen and oxygen atoms in total. The minimum atomic E-state index is -0.467. The zero-order valence-corrected chi connectivity index (χ0v) is 15.2. The summed E-state index contributed by atoms with van der Waals surface area (Å²) in [5, 5.41) is 0. The van der Waals surface area contributed by atoms with E-state index in [4.69, 9.17) is 14.2 Å². The Morgan fingerprint density at radius 1 is 1.04 bits per heavy atom. The number of nitrogens with zero attached hydrogens (tertiary/aromatic N) is 1. The van der Waals surface area contributed by atoms with Crippen LogP contribution >= 0.6 is 0 Å². The number of hydrogen-bond donors (Lipinski definition) is 0. The molecule has 1 aromatic carbocycles. The molecule has 0 unspecified atom stereocenters. The molecule has 0 fully saturated rings. The van der Waals surface area contributed by atoms with E-state index < -0.39 is 5.97 Å². The standard InChI is InChI=1S/C19H23NO5/c1-12-8-15(13(2)20(12)3)16(21)11-25-19(22)10-14-6-7-17(23-4)18(9-14)24-5/h6-9H,10-11H2,1-5H3. The van der Waals surface area contributed by atoms with Crippen molar-refractivity contribution in [2.45, 2.75) is 20.3 Å². The number of ketones is 1. The van der Waals surface area contributed by atoms with Crippen molar-refractivity contribution in [3.8, 4) is 11.5 Å². The van der Waals surface area contributed by atoms with Gasteiger partial charge in [-0.3, -0.25) is 9.59 Å². The van der Waals surface area contributed by atoms with Crippen LogP contribution in [0.5, 0.6) is 11.5 Å². The highest BCUT2D eigenvalue weighted by Gasteiger charge is 2.16. The number of carbonyl (C=O) groups excluding carboxylic acids is 2. The Labute approximate surface area is 147 Å². The van der Waals surface area contributed by atoms with Gasteiger partial charge < -0.3 is 18.8 Å². The fraction of sp³-hybridized carbons (Fsp3) is 0.368. The maximum absolute atomic E-state index is 12.2. The maximum Gasteiger partial charge on any atom is 0.310 e. The van der Waals surface area contributed by atoms with Gasteiger partial charge in [0.05, 0.1) is 20.6 Å². The van der Waals surface area contributed by atoms with Crippen molar-refractivity contribution in [2.24, 2.45) is 7.05 Å². The van der Waals surface area contributed by atoms with Crippen molar-refractivity contribution in [2.75, 3.05) is 20.8 Å². The molecule has 6 heteroatoms. The van der Waals surface area contributed by atoms with Crippen LogP contribution in [0.25, 0.3) is 0 Å². The summed E-state index contributed by atoms with van der Waals surface area (Å²) < 4.78 is 17.4. The number of rotatable bonds is 7. The SMILES string of the molecule is COc1ccc(CC(=O)OCC(=O)c2cc(C)n(C)c2C)cc1OC. The van der Waals surface area contributed by atoms with E-state index in [-0.39, 0.29) is 18.8 Å². The summed E-state index contributed by atoms with van der Waals surface area (Å²) in [5.74, 6) is 0.455. The molecule has 1 heterocycles. The van der Waals surface area contributed by atoms with Gasteiger partial charge in [0.25, 0.3) is 0 Å². The molecule has 0 spiro atoms. The zero-order chi connectivity index (χ0) is 18.6. The Hall–Kier alpha value is -2.76. The second-order valence-electron chi connectivity index (χ2n) is 5.79. The molecular weight excluding hydrogens is 322 g/mol. The second-order valence-corrected chi connectivity index (χ2v) is 5.79. The van der Waals surface area contributed by atoms with Crippen LogP contribution in [0.2, 0.25) is 0 Å². The number of methoxy groups -OCH3 is 2. The first kappa shape index (κ1) is 18.6. The van der Waals surface area contributed by atoms with Crippen LogP contribution in [0.3, 0.4) is 0 Å². The van der Waals surface area contributed by atoms with Gasteiger partial charge in [-0.15, -0.1) is 0 Å². The van der Waals surface area contributed by atoms with Crippen LogP contribution in [-0.2, 0) is 23.0 Å². The van der Waals surface area contributed by atoms with E-state index >= 15 is 0 Å². The van der Waals surface area contributed by atoms with Crippen LogP contribution in [0.4, 0.5) is 0 Å². The number of carbonyl (C=O) groups is 2. The van der Waals surface area contributed by atoms with Crippen LogP contribution in [0.15, 0.2) is 24.3 Å². The van der Waals surface area contributed by atoms with Crippen molar-refractivity contribution in [1.29, 1.82) is 0 Å². The number of aryl methyl sites for hydroxylation is 1. The third-order valence-electron chi connectivity index (χ3n) is 4.24. The molecule has 0 amide bonds. The summed E-state index contributed by atoms with van der Waals surface area (Å²) in [5.41, 5.74) is 3.15. The lowest BCUT2D eigenvalue weighted by Crippen LogP contribution is -2.16. The summed E-state index contributed by atoms with van der Waals surface area (Å²) in [6, 6.07) is 7.00. The number of benzene rings is 1. The van der Waals surface area contributed by atoms with E-state index in [2.05, 4.69) is 0 Å². The summed E-state index contributed by atoms with van der Waals surface area (Å²) in [7, 11) is 4.97. The first-order valence-corrected chi connectivity index (χ1v) is 7.90. The number of ether oxygens (including phenoxy) is 3. The van der Waals surface area contributed by atoms with Gasteiger partial charge in [-0.2, -0.15) is 0 Å². The van der Waals surface area contributed by atoms with Crippen LogP contribution in [-0.4, -0.2) is 37.1 Å². The van der Waals surface area contributed by atoms with E-state index in [1.165, 1.54) is 7.11 Å². The summed E-state index contributed by atoms with van der Waals surface area (Å²) in [6.45, 7) is 3.52. The topological polar surface area (TPSA) is 66.8 Å². The molecule has 0 N–H and O–H groups in total. The largest absolute Gasteiger partial charge is 0.493 e. The molecular formula is C19H23NO5. The van der Waals surface area contributed by atoms with E-state index in [0.29, 0.717) is 17.1 Å². The number of aromatic nitrogens is 1. The average Bonchev–Trinajstić information content (AvgIpc) is 2.87. The van der Waals surface area contributed by atoms with E-state index in [1.54, 1.807) is 31.4 Å². The van der Waals surface area contributed by atoms with Crippen molar-refractivity contribution in [3.63, 3.8) is 0 Å². The second kappa shape index (κ2) is 7.88. The van der Waals surface area contributed by atoms with E-state index in [1.807, 2.05) is 25.5 Å². The minimum Gasteiger partial charge on any atom is -0.493 e. The fourth-order valence-corrected chi connectivity index (χ4v) is 2.57. The lowest BCUT2D eigenvalue weighted by molar-refractivity contribution is -0.141. The van der Waals surface area contributed by atoms with Gasteiger partial charge in [-0.1, -0.05) is 6.07 Å². The molecule has 0 saturated heterocycles. The molecule has 2 aromatic rings. The summed E-state index contributed by atoms with van der Waals surface area (Å²) >= 11 is 0. The van der Waals surface area contributed by atoms with Gasteiger partial charge >= 0.3 is 5.97 Å². The lowest BCUT2D eigenvalue weighted by Gasteiger charge is -2.09. The van der Waals surface area contributed by atoms with Gasteiger partial charge in [-0.05, 0) is 37.6 Å². The summed E-state index contributed by atoms with van der Waals surface area (Å²) in [6.07, 6.45) is 0.0560. The first-order valence-electron chi connectivity index (χ1n) is 7.90. The maximum atomic E-state index is 12.2. The number of hydrogen-bond acceptors (Lipinski definition) is 5. The molecule has 25 heavy (non-hydrogen) atoms.